The number of rotatable bonds is 2. The van der Waals surface area contributed by atoms with Crippen LogP contribution in [0.15, 0.2) is 18.2 Å². The highest BCUT2D eigenvalue weighted by atomic mass is 16.2. The second kappa shape index (κ2) is 5.41. The minimum atomic E-state index is 0.166. The fourth-order valence-corrected chi connectivity index (χ4v) is 4.57. The van der Waals surface area contributed by atoms with E-state index in [9.17, 15) is 4.79 Å². The van der Waals surface area contributed by atoms with Gasteiger partial charge in [0, 0.05) is 31.7 Å². The SMILES string of the molecule is Cc1nn(C)c2nc(C3CC3)cc(C(=O)N3C[C@@H]4CC=CC[C@H]4C3)c12. The van der Waals surface area contributed by atoms with Gasteiger partial charge in [0.1, 0.15) is 0 Å². The predicted octanol–water partition coefficient (Wildman–Crippen LogP) is 3.19. The highest BCUT2D eigenvalue weighted by Gasteiger charge is 2.37. The number of allylic oxidation sites excluding steroid dienone is 2. The summed E-state index contributed by atoms with van der Waals surface area (Å²) in [7, 11) is 1.92. The van der Waals surface area contributed by atoms with Gasteiger partial charge in [-0.2, -0.15) is 5.10 Å². The van der Waals surface area contributed by atoms with Gasteiger partial charge in [-0.3, -0.25) is 9.48 Å². The Balaban J connectivity index is 1.56. The Bertz CT molecular complexity index is 877. The number of likely N-dealkylation sites (tertiary alicyclic amines) is 1. The topological polar surface area (TPSA) is 51.0 Å². The molecule has 0 unspecified atom stereocenters. The van der Waals surface area contributed by atoms with Crippen LogP contribution in [-0.4, -0.2) is 38.7 Å². The van der Waals surface area contributed by atoms with Crippen LogP contribution < -0.4 is 0 Å². The van der Waals surface area contributed by atoms with Crippen LogP contribution in [0.25, 0.3) is 11.0 Å². The van der Waals surface area contributed by atoms with E-state index in [1.807, 2.05) is 18.7 Å². The lowest BCUT2D eigenvalue weighted by atomic mass is 9.86. The van der Waals surface area contributed by atoms with Gasteiger partial charge in [0.2, 0.25) is 0 Å². The number of hydrogen-bond acceptors (Lipinski definition) is 3. The van der Waals surface area contributed by atoms with Crippen LogP contribution in [0.3, 0.4) is 0 Å². The van der Waals surface area contributed by atoms with E-state index in [2.05, 4.69) is 28.2 Å². The van der Waals surface area contributed by atoms with Crippen molar-refractivity contribution in [2.45, 2.75) is 38.5 Å². The zero-order valence-corrected chi connectivity index (χ0v) is 14.9. The Hall–Kier alpha value is -2.17. The molecule has 0 radical (unpaired) electrons. The first kappa shape index (κ1) is 15.1. The summed E-state index contributed by atoms with van der Waals surface area (Å²) in [6.07, 6.45) is 9.14. The van der Waals surface area contributed by atoms with Crippen LogP contribution in [0.4, 0.5) is 0 Å². The minimum absolute atomic E-state index is 0.166. The van der Waals surface area contributed by atoms with Gasteiger partial charge in [0.15, 0.2) is 5.65 Å². The third-order valence-electron chi connectivity index (χ3n) is 6.12. The average Bonchev–Trinajstić information content (AvgIpc) is 3.31. The first-order valence-electron chi connectivity index (χ1n) is 9.40. The lowest BCUT2D eigenvalue weighted by Gasteiger charge is -2.17. The van der Waals surface area contributed by atoms with Gasteiger partial charge in [-0.25, -0.2) is 4.98 Å². The summed E-state index contributed by atoms with van der Waals surface area (Å²) >= 11 is 0. The lowest BCUT2D eigenvalue weighted by Crippen LogP contribution is -2.29. The van der Waals surface area contributed by atoms with Gasteiger partial charge in [-0.1, -0.05) is 12.2 Å². The summed E-state index contributed by atoms with van der Waals surface area (Å²) in [6.45, 7) is 3.75. The third-order valence-corrected chi connectivity index (χ3v) is 6.12. The molecule has 0 spiro atoms. The normalized spacial score (nSPS) is 25.6. The lowest BCUT2D eigenvalue weighted by molar-refractivity contribution is 0.0786. The van der Waals surface area contributed by atoms with E-state index in [1.165, 1.54) is 12.8 Å². The van der Waals surface area contributed by atoms with E-state index in [0.29, 0.717) is 17.8 Å². The van der Waals surface area contributed by atoms with Crippen molar-refractivity contribution in [3.63, 3.8) is 0 Å². The molecule has 1 saturated carbocycles. The molecule has 2 fully saturated rings. The van der Waals surface area contributed by atoms with Crippen LogP contribution in [0.5, 0.6) is 0 Å². The molecule has 25 heavy (non-hydrogen) atoms. The van der Waals surface area contributed by atoms with Crippen LogP contribution in [0.2, 0.25) is 0 Å². The molecule has 2 aromatic heterocycles. The molecule has 2 atom stereocenters. The summed E-state index contributed by atoms with van der Waals surface area (Å²) in [6, 6.07) is 2.05. The zero-order chi connectivity index (χ0) is 17.1. The Labute approximate surface area is 147 Å². The monoisotopic (exact) mass is 336 g/mol. The van der Waals surface area contributed by atoms with Crippen LogP contribution in [0, 0.1) is 18.8 Å². The van der Waals surface area contributed by atoms with E-state index < -0.39 is 0 Å². The van der Waals surface area contributed by atoms with E-state index in [4.69, 9.17) is 4.98 Å². The van der Waals surface area contributed by atoms with Crippen molar-refractivity contribution in [3.05, 3.63) is 35.2 Å². The summed E-state index contributed by atoms with van der Waals surface area (Å²) in [5, 5.41) is 5.46. The summed E-state index contributed by atoms with van der Waals surface area (Å²) < 4.78 is 1.82. The molecule has 2 aromatic rings. The maximum absolute atomic E-state index is 13.4. The number of pyridine rings is 1. The number of nitrogens with zero attached hydrogens (tertiary/aromatic N) is 4. The molecule has 5 rings (SSSR count). The highest BCUT2D eigenvalue weighted by Crippen LogP contribution is 2.41. The van der Waals surface area contributed by atoms with Crippen molar-refractivity contribution < 1.29 is 4.79 Å². The van der Waals surface area contributed by atoms with Crippen molar-refractivity contribution >= 4 is 16.9 Å². The van der Waals surface area contributed by atoms with Crippen LogP contribution in [0.1, 0.15) is 53.3 Å². The molecular formula is C20H24N4O. The fourth-order valence-electron chi connectivity index (χ4n) is 4.57. The first-order valence-corrected chi connectivity index (χ1v) is 9.40. The Morgan fingerprint density at radius 3 is 2.48 bits per heavy atom. The van der Waals surface area contributed by atoms with E-state index in [-0.39, 0.29) is 5.91 Å². The number of fused-ring (bicyclic) bond motifs is 2. The zero-order valence-electron chi connectivity index (χ0n) is 14.9. The van der Waals surface area contributed by atoms with Gasteiger partial charge < -0.3 is 4.90 Å². The Kier molecular flexibility index (Phi) is 3.27. The van der Waals surface area contributed by atoms with Gasteiger partial charge in [-0.15, -0.1) is 0 Å². The van der Waals surface area contributed by atoms with Crippen molar-refractivity contribution in [1.82, 2.24) is 19.7 Å². The largest absolute Gasteiger partial charge is 0.338 e. The quantitative estimate of drug-likeness (QED) is 0.792. The maximum atomic E-state index is 13.4. The Morgan fingerprint density at radius 2 is 1.84 bits per heavy atom. The van der Waals surface area contributed by atoms with Crippen LogP contribution >= 0.6 is 0 Å². The molecule has 3 heterocycles. The van der Waals surface area contributed by atoms with Gasteiger partial charge >= 0.3 is 0 Å². The first-order chi connectivity index (χ1) is 12.1. The molecule has 0 N–H and O–H groups in total. The van der Waals surface area contributed by atoms with Gasteiger partial charge in [0.05, 0.1) is 16.6 Å². The molecule has 1 saturated heterocycles. The smallest absolute Gasteiger partial charge is 0.254 e. The van der Waals surface area contributed by atoms with Gasteiger partial charge in [0.25, 0.3) is 5.91 Å². The molecule has 130 valence electrons. The van der Waals surface area contributed by atoms with Crippen molar-refractivity contribution in [3.8, 4) is 0 Å². The number of aromatic nitrogens is 3. The fraction of sp³-hybridized carbons (Fsp3) is 0.550. The molecule has 3 aliphatic rings. The van der Waals surface area contributed by atoms with Gasteiger partial charge in [-0.05, 0) is 50.5 Å². The molecular weight excluding hydrogens is 312 g/mol. The van der Waals surface area contributed by atoms with Crippen molar-refractivity contribution in [2.75, 3.05) is 13.1 Å². The second-order valence-electron chi connectivity index (χ2n) is 7.95. The number of carbonyl (C=O) groups excluding carboxylic acids is 1. The number of aryl methyl sites for hydroxylation is 2. The molecule has 1 aliphatic heterocycles. The summed E-state index contributed by atoms with van der Waals surface area (Å²) in [5.74, 6) is 1.95. The average molecular weight is 336 g/mol. The molecule has 1 amide bonds. The Morgan fingerprint density at radius 1 is 1.16 bits per heavy atom. The van der Waals surface area contributed by atoms with Crippen molar-refractivity contribution in [1.29, 1.82) is 0 Å². The molecule has 2 aliphatic carbocycles. The number of amides is 1. The van der Waals surface area contributed by atoms with E-state index in [0.717, 1.165) is 53.9 Å². The van der Waals surface area contributed by atoms with Crippen LogP contribution in [-0.2, 0) is 7.05 Å². The predicted molar refractivity (Wildman–Crippen MR) is 96.5 cm³/mol. The van der Waals surface area contributed by atoms with E-state index in [1.54, 1.807) is 0 Å². The standard InChI is InChI=1S/C20H24N4O/c1-12-18-16(9-17(13-7-8-13)21-19(18)23(2)22-12)20(25)24-10-14-5-3-4-6-15(14)11-24/h3-4,9,13-15H,5-8,10-11H2,1-2H3/t14-,15-/m0/s1. The molecule has 5 nitrogen and oxygen atoms in total. The molecule has 0 bridgehead atoms. The molecule has 0 aromatic carbocycles. The summed E-state index contributed by atoms with van der Waals surface area (Å²) in [4.78, 5) is 20.3. The maximum Gasteiger partial charge on any atom is 0.254 e. The third kappa shape index (κ3) is 2.40. The highest BCUT2D eigenvalue weighted by molar-refractivity contribution is 6.06. The minimum Gasteiger partial charge on any atom is -0.338 e. The van der Waals surface area contributed by atoms with Crippen molar-refractivity contribution in [2.24, 2.45) is 18.9 Å². The summed E-state index contributed by atoms with van der Waals surface area (Å²) in [5.41, 5.74) is 3.62. The number of hydrogen-bond donors (Lipinski definition) is 0. The molecule has 5 heteroatoms. The van der Waals surface area contributed by atoms with E-state index >= 15 is 0 Å². The second-order valence-corrected chi connectivity index (χ2v) is 7.95. The number of carbonyl (C=O) groups is 1.